The van der Waals surface area contributed by atoms with Crippen LogP contribution in [0.3, 0.4) is 0 Å². The highest BCUT2D eigenvalue weighted by atomic mass is 19.1. The maximum absolute atomic E-state index is 14.2. The molecule has 29 heavy (non-hydrogen) atoms. The molecule has 2 aliphatic heterocycles. The fourth-order valence-corrected chi connectivity index (χ4v) is 3.26. The monoisotopic (exact) mass is 397 g/mol. The van der Waals surface area contributed by atoms with Crippen molar-refractivity contribution in [1.29, 1.82) is 0 Å². The van der Waals surface area contributed by atoms with Crippen molar-refractivity contribution < 1.29 is 23.4 Å². The number of likely N-dealkylation sites (tertiary alicyclic amines) is 1. The van der Waals surface area contributed by atoms with Gasteiger partial charge in [0.1, 0.15) is 6.17 Å². The molecular weight excluding hydrogens is 380 g/mol. The van der Waals surface area contributed by atoms with Gasteiger partial charge in [0.15, 0.2) is 23.1 Å². The summed E-state index contributed by atoms with van der Waals surface area (Å²) < 4.78 is 32.5. The Balaban J connectivity index is 1.76. The summed E-state index contributed by atoms with van der Waals surface area (Å²) in [6.45, 7) is 0.192. The molecule has 8 heteroatoms. The number of aromatic hydroxyl groups is 1. The normalized spacial score (nSPS) is 15.6. The second-order valence-corrected chi connectivity index (χ2v) is 6.65. The van der Waals surface area contributed by atoms with Gasteiger partial charge in [0, 0.05) is 23.6 Å². The Kier molecular flexibility index (Phi) is 4.84. The minimum atomic E-state index is -0.971. The third-order valence-electron chi connectivity index (χ3n) is 4.75. The van der Waals surface area contributed by atoms with Gasteiger partial charge in [-0.05, 0) is 35.4 Å². The van der Waals surface area contributed by atoms with Gasteiger partial charge in [-0.15, -0.1) is 0 Å². The van der Waals surface area contributed by atoms with Crippen molar-refractivity contribution in [1.82, 2.24) is 4.90 Å². The number of amides is 1. The standard InChI is InChI=1S/C21H17F2N3O3/c1-29-20-18(14(8-16(23)19(20)27)9-17-24-6-7-25-17)12-2-4-13(5-3-12)21(28)26-10-15(22)11-26/h2-9,15,27H,10-11H2,1H3. The molecule has 1 N–H and O–H groups in total. The zero-order valence-electron chi connectivity index (χ0n) is 15.5. The van der Waals surface area contributed by atoms with E-state index in [2.05, 4.69) is 9.98 Å². The third kappa shape index (κ3) is 3.49. The molecule has 2 heterocycles. The van der Waals surface area contributed by atoms with Crippen molar-refractivity contribution in [2.24, 2.45) is 9.98 Å². The number of methoxy groups -OCH3 is 1. The van der Waals surface area contributed by atoms with Crippen molar-refractivity contribution in [2.75, 3.05) is 20.2 Å². The number of nitrogens with zero attached hydrogens (tertiary/aromatic N) is 3. The average Bonchev–Trinajstić information content (AvgIpc) is 3.20. The molecule has 0 saturated carbocycles. The Hall–Kier alpha value is -3.55. The fourth-order valence-electron chi connectivity index (χ4n) is 3.26. The molecule has 6 nitrogen and oxygen atoms in total. The molecule has 148 valence electrons. The number of phenols is 1. The van der Waals surface area contributed by atoms with E-state index >= 15 is 0 Å². The lowest BCUT2D eigenvalue weighted by molar-refractivity contribution is 0.0400. The van der Waals surface area contributed by atoms with Crippen molar-refractivity contribution in [3.63, 3.8) is 0 Å². The Labute approximate surface area is 165 Å². The highest BCUT2D eigenvalue weighted by Crippen LogP contribution is 2.43. The van der Waals surface area contributed by atoms with Crippen molar-refractivity contribution in [2.45, 2.75) is 6.17 Å². The van der Waals surface area contributed by atoms with Gasteiger partial charge in [-0.3, -0.25) is 4.79 Å². The summed E-state index contributed by atoms with van der Waals surface area (Å²) in [5.74, 6) is -1.36. The summed E-state index contributed by atoms with van der Waals surface area (Å²) in [6.07, 6.45) is 3.62. The zero-order chi connectivity index (χ0) is 20.5. The van der Waals surface area contributed by atoms with Gasteiger partial charge in [-0.1, -0.05) is 12.1 Å². The van der Waals surface area contributed by atoms with Crippen LogP contribution in [0.4, 0.5) is 8.78 Å². The van der Waals surface area contributed by atoms with E-state index in [1.807, 2.05) is 0 Å². The topological polar surface area (TPSA) is 74.5 Å². The zero-order valence-corrected chi connectivity index (χ0v) is 15.5. The van der Waals surface area contributed by atoms with Crippen LogP contribution in [-0.4, -0.2) is 54.7 Å². The largest absolute Gasteiger partial charge is 0.502 e. The number of aliphatic imine (C=N–C) groups is 2. The molecule has 2 aromatic carbocycles. The highest BCUT2D eigenvalue weighted by Gasteiger charge is 2.31. The number of hydrogen-bond donors (Lipinski definition) is 1. The van der Waals surface area contributed by atoms with Crippen LogP contribution in [0.2, 0.25) is 0 Å². The summed E-state index contributed by atoms with van der Waals surface area (Å²) in [7, 11) is 1.33. The second-order valence-electron chi connectivity index (χ2n) is 6.65. The van der Waals surface area contributed by atoms with Crippen LogP contribution < -0.4 is 4.74 Å². The lowest BCUT2D eigenvalue weighted by atomic mass is 9.96. The van der Waals surface area contributed by atoms with E-state index in [0.717, 1.165) is 0 Å². The summed E-state index contributed by atoms with van der Waals surface area (Å²) in [6, 6.07) is 7.71. The minimum Gasteiger partial charge on any atom is -0.502 e. The number of benzene rings is 2. The van der Waals surface area contributed by atoms with Crippen LogP contribution in [0.25, 0.3) is 17.2 Å². The van der Waals surface area contributed by atoms with Gasteiger partial charge in [0.05, 0.1) is 20.2 Å². The molecule has 2 aliphatic rings. The third-order valence-corrected chi connectivity index (χ3v) is 4.75. The molecule has 1 saturated heterocycles. The van der Waals surface area contributed by atoms with Crippen molar-refractivity contribution in [3.05, 3.63) is 53.1 Å². The van der Waals surface area contributed by atoms with Crippen LogP contribution in [0.5, 0.6) is 11.5 Å². The number of phenolic OH excluding ortho intramolecular Hbond substituents is 1. The summed E-state index contributed by atoms with van der Waals surface area (Å²) in [5.41, 5.74) is 1.85. The summed E-state index contributed by atoms with van der Waals surface area (Å²) in [5, 5.41) is 10.1. The molecule has 0 bridgehead atoms. The SMILES string of the molecule is COc1c(O)c(F)cc(C=C2N=CC=N2)c1-c1ccc(C(=O)N2CC(F)C2)cc1. The fraction of sp³-hybridized carbons (Fsp3) is 0.190. The summed E-state index contributed by atoms with van der Waals surface area (Å²) in [4.78, 5) is 21.9. The quantitative estimate of drug-likeness (QED) is 0.859. The molecule has 0 aliphatic carbocycles. The first-order chi connectivity index (χ1) is 14.0. The van der Waals surface area contributed by atoms with Gasteiger partial charge in [-0.2, -0.15) is 0 Å². The Bertz CT molecular complexity index is 1040. The van der Waals surface area contributed by atoms with Gasteiger partial charge in [0.25, 0.3) is 5.91 Å². The predicted molar refractivity (Wildman–Crippen MR) is 106 cm³/mol. The van der Waals surface area contributed by atoms with Gasteiger partial charge in [0.2, 0.25) is 0 Å². The first kappa shape index (κ1) is 18.8. The number of ether oxygens (including phenoxy) is 1. The smallest absolute Gasteiger partial charge is 0.254 e. The molecule has 4 rings (SSSR count). The number of rotatable bonds is 4. The first-order valence-corrected chi connectivity index (χ1v) is 8.89. The molecule has 0 atom stereocenters. The first-order valence-electron chi connectivity index (χ1n) is 8.89. The van der Waals surface area contributed by atoms with E-state index in [-0.39, 0.29) is 24.7 Å². The Morgan fingerprint density at radius 2 is 1.90 bits per heavy atom. The number of hydrogen-bond acceptors (Lipinski definition) is 5. The van der Waals surface area contributed by atoms with E-state index in [0.29, 0.717) is 28.1 Å². The molecule has 0 radical (unpaired) electrons. The molecule has 1 fully saturated rings. The average molecular weight is 397 g/mol. The Morgan fingerprint density at radius 1 is 1.24 bits per heavy atom. The van der Waals surface area contributed by atoms with E-state index in [4.69, 9.17) is 4.74 Å². The maximum Gasteiger partial charge on any atom is 0.254 e. The molecule has 0 unspecified atom stereocenters. The lowest BCUT2D eigenvalue weighted by Gasteiger charge is -2.34. The van der Waals surface area contributed by atoms with Crippen molar-refractivity contribution in [3.8, 4) is 22.6 Å². The molecular formula is C21H17F2N3O3. The molecule has 1 amide bonds. The van der Waals surface area contributed by atoms with Gasteiger partial charge >= 0.3 is 0 Å². The van der Waals surface area contributed by atoms with E-state index in [1.165, 1.54) is 30.5 Å². The summed E-state index contributed by atoms with van der Waals surface area (Å²) >= 11 is 0. The van der Waals surface area contributed by atoms with E-state index < -0.39 is 17.7 Å². The number of halogens is 2. The van der Waals surface area contributed by atoms with E-state index in [9.17, 15) is 18.7 Å². The van der Waals surface area contributed by atoms with Crippen LogP contribution in [-0.2, 0) is 0 Å². The Morgan fingerprint density at radius 3 is 2.48 bits per heavy atom. The number of carbonyl (C=O) groups is 1. The van der Waals surface area contributed by atoms with E-state index in [1.54, 1.807) is 30.3 Å². The maximum atomic E-state index is 14.2. The minimum absolute atomic E-state index is 0.0371. The van der Waals surface area contributed by atoms with Crippen LogP contribution in [0.15, 0.2) is 46.1 Å². The molecule has 2 aromatic rings. The molecule has 0 spiro atoms. The van der Waals surface area contributed by atoms with Crippen LogP contribution >= 0.6 is 0 Å². The van der Waals surface area contributed by atoms with Crippen molar-refractivity contribution >= 4 is 24.4 Å². The number of carbonyl (C=O) groups excluding carboxylic acids is 1. The highest BCUT2D eigenvalue weighted by molar-refractivity contribution is 6.18. The van der Waals surface area contributed by atoms with Gasteiger partial charge < -0.3 is 14.7 Å². The van der Waals surface area contributed by atoms with Gasteiger partial charge in [-0.25, -0.2) is 18.8 Å². The molecule has 0 aromatic heterocycles. The second kappa shape index (κ2) is 7.46. The number of alkyl halides is 1. The predicted octanol–water partition coefficient (Wildman–Crippen LogP) is 3.45. The van der Waals surface area contributed by atoms with Crippen LogP contribution in [0.1, 0.15) is 15.9 Å². The lowest BCUT2D eigenvalue weighted by Crippen LogP contribution is -2.51. The van der Waals surface area contributed by atoms with Crippen LogP contribution in [0, 0.1) is 5.82 Å².